The Labute approximate surface area is 184 Å². The Balaban J connectivity index is 0.00000364. The number of aromatic nitrogens is 1. The minimum absolute atomic E-state index is 0. The van der Waals surface area contributed by atoms with E-state index in [0.29, 0.717) is 6.61 Å². The number of hydrogen-bond acceptors (Lipinski definition) is 4. The Morgan fingerprint density at radius 3 is 2.63 bits per heavy atom. The molecule has 0 aliphatic carbocycles. The molecule has 0 radical (unpaired) electrons. The van der Waals surface area contributed by atoms with Gasteiger partial charge in [0.1, 0.15) is 0 Å². The highest BCUT2D eigenvalue weighted by atomic mass is 127. The molecule has 2 N–H and O–H groups in total. The summed E-state index contributed by atoms with van der Waals surface area (Å²) in [6, 6.07) is 10.3. The summed E-state index contributed by atoms with van der Waals surface area (Å²) < 4.78 is 5.70. The Morgan fingerprint density at radius 2 is 1.93 bits per heavy atom. The summed E-state index contributed by atoms with van der Waals surface area (Å²) in [6.45, 7) is 5.37. The lowest BCUT2D eigenvalue weighted by atomic mass is 10.2. The maximum Gasteiger partial charge on any atom is 0.190 e. The van der Waals surface area contributed by atoms with E-state index >= 15 is 0 Å². The lowest BCUT2D eigenvalue weighted by Gasteiger charge is -2.11. The highest BCUT2D eigenvalue weighted by Crippen LogP contribution is 2.13. The molecule has 0 amide bonds. The van der Waals surface area contributed by atoms with E-state index in [1.807, 2.05) is 24.4 Å². The number of hydrogen-bond donors (Lipinski definition) is 2. The van der Waals surface area contributed by atoms with Gasteiger partial charge >= 0.3 is 0 Å². The number of nitrogens with one attached hydrogen (secondary N) is 2. The number of benzene rings is 1. The van der Waals surface area contributed by atoms with E-state index in [4.69, 9.17) is 4.74 Å². The highest BCUT2D eigenvalue weighted by molar-refractivity contribution is 14.0. The van der Waals surface area contributed by atoms with E-state index in [9.17, 15) is 0 Å². The van der Waals surface area contributed by atoms with Gasteiger partial charge in [-0.3, -0.25) is 4.99 Å². The van der Waals surface area contributed by atoms with E-state index < -0.39 is 0 Å². The quantitative estimate of drug-likeness (QED) is 0.211. The molecule has 0 atom stereocenters. The number of ether oxygens (including phenoxy) is 1. The van der Waals surface area contributed by atoms with Gasteiger partial charge in [-0.2, -0.15) is 0 Å². The third kappa shape index (κ3) is 10.1. The van der Waals surface area contributed by atoms with Crippen LogP contribution in [0.4, 0.5) is 0 Å². The molecule has 1 aromatic carbocycles. The van der Waals surface area contributed by atoms with Crippen LogP contribution < -0.4 is 10.6 Å². The van der Waals surface area contributed by atoms with Crippen molar-refractivity contribution in [1.29, 1.82) is 0 Å². The molecule has 150 valence electrons. The Bertz CT molecular complexity index is 648. The molecular formula is C20H31IN4OS. The van der Waals surface area contributed by atoms with Crippen LogP contribution in [-0.2, 0) is 24.2 Å². The van der Waals surface area contributed by atoms with Gasteiger partial charge in [0.25, 0.3) is 0 Å². The van der Waals surface area contributed by atoms with Crippen molar-refractivity contribution in [2.24, 2.45) is 4.99 Å². The third-order valence-electron chi connectivity index (χ3n) is 3.92. The summed E-state index contributed by atoms with van der Waals surface area (Å²) in [6.07, 6.45) is 6.06. The SMILES string of the molecule is CCc1cnc(CCNC(=NC)NCCCCOCc2ccccc2)s1.I. The minimum atomic E-state index is 0. The molecule has 27 heavy (non-hydrogen) atoms. The van der Waals surface area contributed by atoms with Crippen LogP contribution in [0, 0.1) is 0 Å². The standard InChI is InChI=1S/C20H30N4OS.HI/c1-3-18-15-24-19(26-18)11-13-23-20(21-2)22-12-7-8-14-25-16-17-9-5-4-6-10-17;/h4-6,9-10,15H,3,7-8,11-14,16H2,1-2H3,(H2,21,22,23);1H. The Morgan fingerprint density at radius 1 is 1.15 bits per heavy atom. The summed E-state index contributed by atoms with van der Waals surface area (Å²) >= 11 is 1.79. The topological polar surface area (TPSA) is 58.5 Å². The number of guanidine groups is 1. The summed E-state index contributed by atoms with van der Waals surface area (Å²) in [5, 5.41) is 7.87. The summed E-state index contributed by atoms with van der Waals surface area (Å²) in [4.78, 5) is 10.0. The maximum absolute atomic E-state index is 5.70. The normalized spacial score (nSPS) is 11.1. The third-order valence-corrected chi connectivity index (χ3v) is 5.13. The fraction of sp³-hybridized carbons (Fsp3) is 0.500. The molecule has 0 spiro atoms. The number of thiazole rings is 1. The average Bonchev–Trinajstić information content (AvgIpc) is 3.14. The van der Waals surface area contributed by atoms with E-state index in [-0.39, 0.29) is 24.0 Å². The number of aliphatic imine (C=N–C) groups is 1. The van der Waals surface area contributed by atoms with Gasteiger partial charge in [0.2, 0.25) is 0 Å². The molecule has 1 aromatic heterocycles. The summed E-state index contributed by atoms with van der Waals surface area (Å²) in [7, 11) is 1.80. The molecule has 0 aliphatic heterocycles. The molecule has 0 aliphatic rings. The molecule has 0 saturated carbocycles. The zero-order chi connectivity index (χ0) is 18.5. The first-order valence-electron chi connectivity index (χ1n) is 9.31. The van der Waals surface area contributed by atoms with E-state index in [2.05, 4.69) is 39.7 Å². The van der Waals surface area contributed by atoms with Crippen LogP contribution in [0.2, 0.25) is 0 Å². The summed E-state index contributed by atoms with van der Waals surface area (Å²) in [5.41, 5.74) is 1.22. The van der Waals surface area contributed by atoms with Crippen LogP contribution in [0.3, 0.4) is 0 Å². The Kier molecular flexibility index (Phi) is 13.1. The highest BCUT2D eigenvalue weighted by Gasteiger charge is 2.02. The van der Waals surface area contributed by atoms with Crippen molar-refractivity contribution in [3.05, 3.63) is 52.0 Å². The fourth-order valence-corrected chi connectivity index (χ4v) is 3.30. The number of nitrogens with zero attached hydrogens (tertiary/aromatic N) is 2. The predicted molar refractivity (Wildman–Crippen MR) is 125 cm³/mol. The van der Waals surface area contributed by atoms with E-state index in [1.165, 1.54) is 15.4 Å². The molecule has 7 heteroatoms. The smallest absolute Gasteiger partial charge is 0.190 e. The second kappa shape index (κ2) is 14.8. The molecule has 5 nitrogen and oxygen atoms in total. The second-order valence-electron chi connectivity index (χ2n) is 5.99. The van der Waals surface area contributed by atoms with Crippen molar-refractivity contribution in [3.8, 4) is 0 Å². The van der Waals surface area contributed by atoms with Crippen molar-refractivity contribution >= 4 is 41.3 Å². The average molecular weight is 502 g/mol. The number of halogens is 1. The lowest BCUT2D eigenvalue weighted by molar-refractivity contribution is 0.117. The van der Waals surface area contributed by atoms with Crippen LogP contribution in [0.15, 0.2) is 41.5 Å². The number of unbranched alkanes of at least 4 members (excludes halogenated alkanes) is 1. The van der Waals surface area contributed by atoms with Crippen LogP contribution in [0.25, 0.3) is 0 Å². The molecule has 0 saturated heterocycles. The molecule has 0 fully saturated rings. The summed E-state index contributed by atoms with van der Waals surface area (Å²) in [5.74, 6) is 0.850. The Hall–Kier alpha value is -1.19. The molecular weight excluding hydrogens is 471 g/mol. The minimum Gasteiger partial charge on any atom is -0.377 e. The first-order valence-corrected chi connectivity index (χ1v) is 10.1. The number of aryl methyl sites for hydroxylation is 1. The fourth-order valence-electron chi connectivity index (χ4n) is 2.44. The first kappa shape index (κ1) is 23.8. The zero-order valence-electron chi connectivity index (χ0n) is 16.2. The van der Waals surface area contributed by atoms with E-state index in [0.717, 1.165) is 51.3 Å². The van der Waals surface area contributed by atoms with Crippen LogP contribution in [0.5, 0.6) is 0 Å². The van der Waals surface area contributed by atoms with Crippen molar-refractivity contribution in [2.75, 3.05) is 26.7 Å². The number of rotatable bonds is 11. The predicted octanol–water partition coefficient (Wildman–Crippen LogP) is 4.03. The molecule has 2 rings (SSSR count). The largest absolute Gasteiger partial charge is 0.377 e. The molecule has 0 unspecified atom stereocenters. The van der Waals surface area contributed by atoms with Crippen LogP contribution in [0.1, 0.15) is 35.2 Å². The first-order chi connectivity index (χ1) is 12.8. The van der Waals surface area contributed by atoms with Gasteiger partial charge in [0.05, 0.1) is 11.6 Å². The van der Waals surface area contributed by atoms with Crippen molar-refractivity contribution in [1.82, 2.24) is 15.6 Å². The van der Waals surface area contributed by atoms with Gasteiger partial charge in [-0.1, -0.05) is 37.3 Å². The van der Waals surface area contributed by atoms with Gasteiger partial charge in [0, 0.05) is 44.2 Å². The van der Waals surface area contributed by atoms with Crippen molar-refractivity contribution in [2.45, 2.75) is 39.2 Å². The monoisotopic (exact) mass is 502 g/mol. The molecule has 1 heterocycles. The van der Waals surface area contributed by atoms with Gasteiger partial charge in [-0.05, 0) is 24.8 Å². The van der Waals surface area contributed by atoms with Gasteiger partial charge in [-0.25, -0.2) is 4.98 Å². The van der Waals surface area contributed by atoms with Gasteiger partial charge in [0.15, 0.2) is 5.96 Å². The van der Waals surface area contributed by atoms with Crippen LogP contribution >= 0.6 is 35.3 Å². The van der Waals surface area contributed by atoms with Gasteiger partial charge < -0.3 is 15.4 Å². The maximum atomic E-state index is 5.70. The van der Waals surface area contributed by atoms with Crippen molar-refractivity contribution < 1.29 is 4.74 Å². The zero-order valence-corrected chi connectivity index (χ0v) is 19.4. The molecule has 0 bridgehead atoms. The molecule has 2 aromatic rings. The van der Waals surface area contributed by atoms with Gasteiger partial charge in [-0.15, -0.1) is 35.3 Å². The van der Waals surface area contributed by atoms with E-state index in [1.54, 1.807) is 18.4 Å². The second-order valence-corrected chi connectivity index (χ2v) is 7.19. The van der Waals surface area contributed by atoms with Crippen molar-refractivity contribution in [3.63, 3.8) is 0 Å². The lowest BCUT2D eigenvalue weighted by Crippen LogP contribution is -2.38. The van der Waals surface area contributed by atoms with Crippen LogP contribution in [-0.4, -0.2) is 37.7 Å².